The van der Waals surface area contributed by atoms with Gasteiger partial charge in [0, 0.05) is 0 Å². The molecular formula is C5H3NOW2. The summed E-state index contributed by atoms with van der Waals surface area (Å²) in [6.45, 7) is 0. The minimum absolute atomic E-state index is 0.903. The zero-order valence-electron chi connectivity index (χ0n) is 4.40. The van der Waals surface area contributed by atoms with E-state index in [1.807, 2.05) is 8.80 Å². The van der Waals surface area contributed by atoms with Crippen LogP contribution in [0.4, 0.5) is 0 Å². The fourth-order valence-corrected chi connectivity index (χ4v) is 1.71. The molecule has 0 aromatic carbocycles. The zero-order valence-corrected chi connectivity index (χ0v) is 10.3. The first kappa shape index (κ1) is 7.43. The van der Waals surface area contributed by atoms with Crippen LogP contribution in [0.25, 0.3) is 0 Å². The number of oxazole rings is 1. The van der Waals surface area contributed by atoms with Crippen LogP contribution in [0.1, 0.15) is 11.5 Å². The topological polar surface area (TPSA) is 26.0 Å². The Morgan fingerprint density at radius 3 is 2.67 bits per heavy atom. The Hall–Kier alpha value is 0.327. The van der Waals surface area contributed by atoms with Crippen LogP contribution in [-0.2, 0) is 38.7 Å². The second kappa shape index (κ2) is 3.48. The first-order valence-corrected chi connectivity index (χ1v) is 5.61. The summed E-state index contributed by atoms with van der Waals surface area (Å²) in [7, 11) is 0. The fraction of sp³-hybridized carbons (Fsp3) is 0. The SMILES string of the molecule is [W]=[CH]c1ncoc1[CH]=[W]. The molecule has 1 rings (SSSR count). The van der Waals surface area contributed by atoms with E-state index in [0.717, 1.165) is 11.5 Å². The zero-order chi connectivity index (χ0) is 6.69. The molecule has 0 bridgehead atoms. The van der Waals surface area contributed by atoms with Gasteiger partial charge in [-0.05, 0) is 0 Å². The number of aromatic nitrogens is 1. The molecule has 0 N–H and O–H groups in total. The summed E-state index contributed by atoms with van der Waals surface area (Å²) in [5, 5.41) is 0. The summed E-state index contributed by atoms with van der Waals surface area (Å²) in [5.41, 5.74) is 0.972. The molecule has 0 fully saturated rings. The molecule has 0 saturated carbocycles. The molecule has 0 radical (unpaired) electrons. The van der Waals surface area contributed by atoms with Crippen LogP contribution >= 0.6 is 0 Å². The summed E-state index contributed by atoms with van der Waals surface area (Å²) >= 11 is 2.79. The van der Waals surface area contributed by atoms with E-state index >= 15 is 0 Å². The van der Waals surface area contributed by atoms with Crippen LogP contribution in [0.5, 0.6) is 0 Å². The quantitative estimate of drug-likeness (QED) is 0.624. The number of rotatable bonds is 2. The van der Waals surface area contributed by atoms with Crippen molar-refractivity contribution in [3.05, 3.63) is 17.8 Å². The van der Waals surface area contributed by atoms with E-state index in [9.17, 15) is 0 Å². The molecular weight excluding hydrogens is 458 g/mol. The molecule has 1 heterocycles. The molecule has 0 saturated heterocycles. The molecule has 0 aliphatic heterocycles. The van der Waals surface area contributed by atoms with Crippen molar-refractivity contribution in [2.45, 2.75) is 0 Å². The standard InChI is InChI=1S/C5H3NO.2W/c1-4-5(2)7-3-6-4;;/h1-3H;;. The van der Waals surface area contributed by atoms with Crippen molar-refractivity contribution in [2.75, 3.05) is 0 Å². The van der Waals surface area contributed by atoms with Crippen LogP contribution in [0, 0.1) is 0 Å². The van der Waals surface area contributed by atoms with Crippen LogP contribution in [0.15, 0.2) is 10.8 Å². The Morgan fingerprint density at radius 2 is 2.22 bits per heavy atom. The third kappa shape index (κ3) is 1.62. The van der Waals surface area contributed by atoms with Crippen molar-refractivity contribution in [1.29, 1.82) is 0 Å². The van der Waals surface area contributed by atoms with E-state index in [1.165, 1.54) is 45.1 Å². The first-order chi connectivity index (χ1) is 4.38. The van der Waals surface area contributed by atoms with Crippen molar-refractivity contribution in [3.63, 3.8) is 0 Å². The minimum atomic E-state index is 0.903. The number of hydrogen-bond acceptors (Lipinski definition) is 2. The molecule has 1 aromatic rings. The van der Waals surface area contributed by atoms with Gasteiger partial charge in [0.05, 0.1) is 0 Å². The van der Waals surface area contributed by atoms with Crippen molar-refractivity contribution in [3.8, 4) is 0 Å². The molecule has 0 unspecified atom stereocenters. The Morgan fingerprint density at radius 1 is 1.44 bits per heavy atom. The predicted molar refractivity (Wildman–Crippen MR) is 26.8 cm³/mol. The average Bonchev–Trinajstić information content (AvgIpc) is 2.33. The average molecular weight is 461 g/mol. The van der Waals surface area contributed by atoms with Crippen LogP contribution in [-0.4, -0.2) is 13.8 Å². The summed E-state index contributed by atoms with van der Waals surface area (Å²) in [4.78, 5) is 3.99. The molecule has 0 aliphatic carbocycles. The van der Waals surface area contributed by atoms with Gasteiger partial charge < -0.3 is 0 Å². The molecule has 0 amide bonds. The first-order valence-electron chi connectivity index (χ1n) is 2.22. The Balaban J connectivity index is 3.12. The van der Waals surface area contributed by atoms with Crippen LogP contribution in [0.3, 0.4) is 0 Å². The third-order valence-electron chi connectivity index (χ3n) is 0.843. The maximum absolute atomic E-state index is 5.04. The summed E-state index contributed by atoms with van der Waals surface area (Å²) in [6, 6.07) is 0. The van der Waals surface area contributed by atoms with Gasteiger partial charge in [0.15, 0.2) is 0 Å². The van der Waals surface area contributed by atoms with Crippen molar-refractivity contribution in [1.82, 2.24) is 4.98 Å². The van der Waals surface area contributed by atoms with E-state index < -0.39 is 0 Å². The number of hydrogen-bond donors (Lipinski definition) is 0. The second-order valence-electron chi connectivity index (χ2n) is 1.34. The van der Waals surface area contributed by atoms with Gasteiger partial charge in [0.1, 0.15) is 0 Å². The second-order valence-corrected chi connectivity index (χ2v) is 3.03. The normalized spacial score (nSPS) is 8.89. The van der Waals surface area contributed by atoms with Gasteiger partial charge >= 0.3 is 74.8 Å². The molecule has 9 heavy (non-hydrogen) atoms. The van der Waals surface area contributed by atoms with Crippen LogP contribution in [0.2, 0.25) is 0 Å². The van der Waals surface area contributed by atoms with Gasteiger partial charge in [0.25, 0.3) is 0 Å². The Kier molecular flexibility index (Phi) is 2.88. The Bertz CT molecular complexity index is 208. The summed E-state index contributed by atoms with van der Waals surface area (Å²) in [5.74, 6) is 0.903. The van der Waals surface area contributed by atoms with E-state index in [2.05, 4.69) is 4.98 Å². The van der Waals surface area contributed by atoms with Gasteiger partial charge in [0.2, 0.25) is 0 Å². The molecule has 0 atom stereocenters. The fourth-order valence-electron chi connectivity index (χ4n) is 0.441. The van der Waals surface area contributed by atoms with E-state index in [1.54, 1.807) is 0 Å². The van der Waals surface area contributed by atoms with E-state index in [-0.39, 0.29) is 0 Å². The van der Waals surface area contributed by atoms with Gasteiger partial charge in [-0.25, -0.2) is 0 Å². The van der Waals surface area contributed by atoms with Crippen molar-refractivity contribution in [2.24, 2.45) is 0 Å². The van der Waals surface area contributed by atoms with Gasteiger partial charge in [-0.1, -0.05) is 0 Å². The van der Waals surface area contributed by atoms with Gasteiger partial charge in [-0.2, -0.15) is 0 Å². The predicted octanol–water partition coefficient (Wildman–Crippen LogP) is 0.0688. The third-order valence-corrected chi connectivity index (χ3v) is 2.41. The summed E-state index contributed by atoms with van der Waals surface area (Å²) in [6.07, 6.45) is 1.48. The van der Waals surface area contributed by atoms with Crippen LogP contribution < -0.4 is 0 Å². The molecule has 2 nitrogen and oxygen atoms in total. The molecule has 46 valence electrons. The monoisotopic (exact) mass is 461 g/mol. The van der Waals surface area contributed by atoms with E-state index in [4.69, 9.17) is 4.42 Å². The maximum atomic E-state index is 5.04. The number of nitrogens with zero attached hydrogens (tertiary/aromatic N) is 1. The molecule has 0 aliphatic rings. The summed E-state index contributed by atoms with van der Waals surface area (Å²) < 4.78 is 9.04. The molecule has 0 spiro atoms. The Labute approximate surface area is 74.5 Å². The van der Waals surface area contributed by atoms with Gasteiger partial charge in [-0.3, -0.25) is 0 Å². The van der Waals surface area contributed by atoms with Crippen molar-refractivity contribution >= 4 is 8.80 Å². The molecule has 4 heteroatoms. The van der Waals surface area contributed by atoms with E-state index in [0.29, 0.717) is 0 Å². The molecule has 1 aromatic heterocycles. The van der Waals surface area contributed by atoms with Crippen molar-refractivity contribution < 1.29 is 43.1 Å². The van der Waals surface area contributed by atoms with Gasteiger partial charge in [-0.15, -0.1) is 0 Å².